The van der Waals surface area contributed by atoms with Crippen molar-refractivity contribution in [2.75, 3.05) is 6.61 Å². The number of hydrogen-bond donors (Lipinski definition) is 2. The Balaban J connectivity index is 1.84. The molecule has 0 fully saturated rings. The summed E-state index contributed by atoms with van der Waals surface area (Å²) in [6.07, 6.45) is 1.45. The molecule has 2 aromatic rings. The summed E-state index contributed by atoms with van der Waals surface area (Å²) in [5.74, 6) is -1.24. The number of halogens is 1. The van der Waals surface area contributed by atoms with Crippen molar-refractivity contribution in [1.29, 1.82) is 0 Å². The molecule has 0 aliphatic carbocycles. The molecule has 0 amide bonds. The fourth-order valence-electron chi connectivity index (χ4n) is 1.84. The van der Waals surface area contributed by atoms with Gasteiger partial charge in [-0.05, 0) is 42.0 Å². The summed E-state index contributed by atoms with van der Waals surface area (Å²) >= 11 is 5.09. The van der Waals surface area contributed by atoms with Gasteiger partial charge in [0.05, 0.1) is 12.2 Å². The molecular weight excluding hydrogens is 345 g/mol. The number of rotatable bonds is 7. The minimum absolute atomic E-state index is 0.286. The van der Waals surface area contributed by atoms with E-state index >= 15 is 0 Å². The van der Waals surface area contributed by atoms with Crippen molar-refractivity contribution in [2.24, 2.45) is 5.10 Å². The highest BCUT2D eigenvalue weighted by atomic mass is 32.1. The third-order valence-electron chi connectivity index (χ3n) is 3.00. The first-order valence-corrected chi connectivity index (χ1v) is 7.68. The number of nitrogens with zero attached hydrogens (tertiary/aromatic N) is 1. The number of nitrogens with one attached hydrogen (secondary N) is 2. The van der Waals surface area contributed by atoms with Crippen molar-refractivity contribution >= 4 is 29.5 Å². The Labute approximate surface area is 149 Å². The average molecular weight is 360 g/mol. The normalized spacial score (nSPS) is 10.4. The van der Waals surface area contributed by atoms with E-state index in [0.717, 1.165) is 5.56 Å². The van der Waals surface area contributed by atoms with E-state index in [0.29, 0.717) is 17.9 Å². The van der Waals surface area contributed by atoms with Crippen molar-refractivity contribution in [2.45, 2.75) is 6.54 Å². The van der Waals surface area contributed by atoms with Gasteiger partial charge in [0.2, 0.25) is 0 Å². The summed E-state index contributed by atoms with van der Waals surface area (Å²) in [5.41, 5.74) is 4.09. The highest BCUT2D eigenvalue weighted by molar-refractivity contribution is 7.80. The molecule has 2 N–H and O–H groups in total. The van der Waals surface area contributed by atoms with Gasteiger partial charge >= 0.3 is 0 Å². The molecule has 0 spiro atoms. The van der Waals surface area contributed by atoms with Crippen LogP contribution in [0.1, 0.15) is 11.1 Å². The van der Waals surface area contributed by atoms with Gasteiger partial charge in [0.25, 0.3) is 0 Å². The molecule has 0 heterocycles. The number of carboxylic acids is 1. The van der Waals surface area contributed by atoms with E-state index in [9.17, 15) is 14.3 Å². The molecule has 0 aliphatic rings. The maximum Gasteiger partial charge on any atom is 0.187 e. The van der Waals surface area contributed by atoms with Crippen LogP contribution in [0.25, 0.3) is 0 Å². The third-order valence-corrected chi connectivity index (χ3v) is 3.24. The number of thiocarbonyl (C=S) groups is 1. The van der Waals surface area contributed by atoms with Crippen LogP contribution >= 0.6 is 12.2 Å². The summed E-state index contributed by atoms with van der Waals surface area (Å²) in [7, 11) is 0. The molecule has 0 aliphatic heterocycles. The second-order valence-electron chi connectivity index (χ2n) is 4.88. The number of aliphatic carboxylic acids is 1. The lowest BCUT2D eigenvalue weighted by molar-refractivity contribution is -0.307. The Morgan fingerprint density at radius 1 is 1.24 bits per heavy atom. The Bertz CT molecular complexity index is 766. The van der Waals surface area contributed by atoms with Crippen molar-refractivity contribution in [1.82, 2.24) is 10.7 Å². The Morgan fingerprint density at radius 2 is 1.96 bits per heavy atom. The Hall–Kier alpha value is -3.00. The van der Waals surface area contributed by atoms with E-state index in [2.05, 4.69) is 15.8 Å². The zero-order chi connectivity index (χ0) is 18.1. The van der Waals surface area contributed by atoms with Crippen molar-refractivity contribution in [3.8, 4) is 5.75 Å². The zero-order valence-corrected chi connectivity index (χ0v) is 13.9. The lowest BCUT2D eigenvalue weighted by Crippen LogP contribution is -2.31. The zero-order valence-electron chi connectivity index (χ0n) is 13.1. The predicted molar refractivity (Wildman–Crippen MR) is 93.5 cm³/mol. The number of carbonyl (C=O) groups excluding carboxylic acids is 1. The fourth-order valence-corrected chi connectivity index (χ4v) is 1.96. The highest BCUT2D eigenvalue weighted by Gasteiger charge is 2.01. The number of hydrazone groups is 1. The van der Waals surface area contributed by atoms with Gasteiger partial charge in [0, 0.05) is 12.1 Å². The number of carbonyl (C=O) groups is 1. The van der Waals surface area contributed by atoms with Crippen LogP contribution in [0.2, 0.25) is 0 Å². The third kappa shape index (κ3) is 6.56. The topological polar surface area (TPSA) is 85.8 Å². The van der Waals surface area contributed by atoms with Crippen molar-refractivity contribution < 1.29 is 19.0 Å². The molecule has 0 aromatic heterocycles. The summed E-state index contributed by atoms with van der Waals surface area (Å²) in [6, 6.07) is 12.9. The van der Waals surface area contributed by atoms with Crippen LogP contribution in [0.15, 0.2) is 53.6 Å². The summed E-state index contributed by atoms with van der Waals surface area (Å²) in [4.78, 5) is 10.5. The van der Waals surface area contributed by atoms with Crippen LogP contribution < -0.4 is 20.6 Å². The average Bonchev–Trinajstić information content (AvgIpc) is 2.60. The smallest absolute Gasteiger partial charge is 0.187 e. The van der Waals surface area contributed by atoms with Crippen LogP contribution in [-0.4, -0.2) is 23.9 Å². The van der Waals surface area contributed by atoms with Gasteiger partial charge in [-0.25, -0.2) is 4.39 Å². The molecule has 8 heteroatoms. The second-order valence-corrected chi connectivity index (χ2v) is 5.29. The van der Waals surface area contributed by atoms with E-state index in [1.807, 2.05) is 0 Å². The first-order valence-electron chi connectivity index (χ1n) is 7.27. The Kier molecular flexibility index (Phi) is 6.85. The number of ether oxygens (including phenoxy) is 1. The number of para-hydroxylation sites is 1. The molecule has 0 unspecified atom stereocenters. The highest BCUT2D eigenvalue weighted by Crippen LogP contribution is 2.15. The second kappa shape index (κ2) is 9.33. The van der Waals surface area contributed by atoms with Gasteiger partial charge in [0.1, 0.15) is 18.2 Å². The van der Waals surface area contributed by atoms with E-state index in [4.69, 9.17) is 17.0 Å². The van der Waals surface area contributed by atoms with Crippen molar-refractivity contribution in [3.63, 3.8) is 0 Å². The summed E-state index contributed by atoms with van der Waals surface area (Å²) in [5, 5.41) is 17.7. The maximum atomic E-state index is 12.8. The fraction of sp³-hybridized carbons (Fsp3) is 0.118. The Morgan fingerprint density at radius 3 is 2.68 bits per heavy atom. The van der Waals surface area contributed by atoms with Gasteiger partial charge in [-0.2, -0.15) is 5.10 Å². The van der Waals surface area contributed by atoms with Gasteiger partial charge < -0.3 is 20.0 Å². The standard InChI is InChI=1S/C17H16FN3O3S/c18-14-7-5-12(6-8-14)9-19-17(25)21-20-10-13-3-1-2-4-15(13)24-11-16(22)23/h1-8,10H,9,11H2,(H,22,23)(H2,19,21,25)/p-1/b20-10-. The summed E-state index contributed by atoms with van der Waals surface area (Å²) < 4.78 is 17.9. The molecule has 2 rings (SSSR count). The van der Waals surface area contributed by atoms with Gasteiger partial charge in [0.15, 0.2) is 5.11 Å². The molecule has 25 heavy (non-hydrogen) atoms. The molecular formula is C17H15FN3O3S-. The lowest BCUT2D eigenvalue weighted by Gasteiger charge is -2.09. The van der Waals surface area contributed by atoms with Crippen molar-refractivity contribution in [3.05, 3.63) is 65.5 Å². The first-order chi connectivity index (χ1) is 12.0. The number of carboxylic acid groups (broad SMARTS) is 1. The van der Waals surface area contributed by atoms with Crippen LogP contribution in [-0.2, 0) is 11.3 Å². The van der Waals surface area contributed by atoms with Crippen LogP contribution in [0, 0.1) is 5.82 Å². The molecule has 0 saturated carbocycles. The van der Waals surface area contributed by atoms with Gasteiger partial charge in [-0.15, -0.1) is 0 Å². The lowest BCUT2D eigenvalue weighted by atomic mass is 10.2. The molecule has 0 atom stereocenters. The largest absolute Gasteiger partial charge is 0.546 e. The molecule has 0 saturated heterocycles. The van der Waals surface area contributed by atoms with Crippen LogP contribution in [0.4, 0.5) is 4.39 Å². The summed E-state index contributed by atoms with van der Waals surface area (Å²) in [6.45, 7) is -0.122. The molecule has 130 valence electrons. The van der Waals surface area contributed by atoms with E-state index < -0.39 is 12.6 Å². The molecule has 0 bridgehead atoms. The van der Waals surface area contributed by atoms with Crippen LogP contribution in [0.3, 0.4) is 0 Å². The monoisotopic (exact) mass is 360 g/mol. The van der Waals surface area contributed by atoms with E-state index in [-0.39, 0.29) is 10.9 Å². The van der Waals surface area contributed by atoms with Gasteiger partial charge in [-0.3, -0.25) is 5.43 Å². The minimum Gasteiger partial charge on any atom is -0.546 e. The quantitative estimate of drug-likeness (QED) is 0.434. The van der Waals surface area contributed by atoms with E-state index in [1.54, 1.807) is 36.4 Å². The number of hydrogen-bond acceptors (Lipinski definition) is 5. The van der Waals surface area contributed by atoms with E-state index in [1.165, 1.54) is 18.3 Å². The van der Waals surface area contributed by atoms with Crippen LogP contribution in [0.5, 0.6) is 5.75 Å². The number of benzene rings is 2. The SMILES string of the molecule is O=C([O-])COc1ccccc1/C=N\NC(=S)NCc1ccc(F)cc1. The van der Waals surface area contributed by atoms with Gasteiger partial charge in [-0.1, -0.05) is 24.3 Å². The molecule has 6 nitrogen and oxygen atoms in total. The molecule has 2 aromatic carbocycles. The maximum absolute atomic E-state index is 12.8. The molecule has 0 radical (unpaired) electrons. The predicted octanol–water partition coefficient (Wildman–Crippen LogP) is 0.953. The minimum atomic E-state index is -1.31. The first kappa shape index (κ1) is 18.3.